The van der Waals surface area contributed by atoms with Crippen LogP contribution in [0.5, 0.6) is 0 Å². The second-order valence-corrected chi connectivity index (χ2v) is 6.14. The van der Waals surface area contributed by atoms with Crippen LogP contribution >= 0.6 is 11.8 Å². The van der Waals surface area contributed by atoms with Crippen molar-refractivity contribution in [2.75, 3.05) is 0 Å². The number of hydrogen-bond acceptors (Lipinski definition) is 5. The lowest BCUT2D eigenvalue weighted by Crippen LogP contribution is -2.01. The molecule has 0 atom stereocenters. The Hall–Kier alpha value is -2.93. The number of nitrogens with zero attached hydrogens (tertiary/aromatic N) is 3. The van der Waals surface area contributed by atoms with Gasteiger partial charge in [-0.2, -0.15) is 5.10 Å². The van der Waals surface area contributed by atoms with Gasteiger partial charge < -0.3 is 0 Å². The number of aromatic amines is 2. The smallest absolute Gasteiger partial charge is 0.292 e. The van der Waals surface area contributed by atoms with Gasteiger partial charge in [0.05, 0.1) is 5.75 Å². The summed E-state index contributed by atoms with van der Waals surface area (Å²) in [5, 5.41) is 18.0. The zero-order valence-electron chi connectivity index (χ0n) is 12.6. The predicted octanol–water partition coefficient (Wildman–Crippen LogP) is 3.00. The van der Waals surface area contributed by atoms with Gasteiger partial charge in [-0.1, -0.05) is 66.4 Å². The van der Waals surface area contributed by atoms with E-state index < -0.39 is 0 Å². The Bertz CT molecular complexity index is 1040. The van der Waals surface area contributed by atoms with Crippen molar-refractivity contribution < 1.29 is 0 Å². The van der Waals surface area contributed by atoms with Crippen molar-refractivity contribution in [2.24, 2.45) is 0 Å². The first kappa shape index (κ1) is 14.6. The van der Waals surface area contributed by atoms with Gasteiger partial charge in [0.15, 0.2) is 0 Å². The predicted molar refractivity (Wildman–Crippen MR) is 93.7 cm³/mol. The lowest BCUT2D eigenvalue weighted by Gasteiger charge is -2.08. The molecular formula is C17H13N5OS. The Kier molecular flexibility index (Phi) is 3.84. The highest BCUT2D eigenvalue weighted by molar-refractivity contribution is 7.98. The van der Waals surface area contributed by atoms with E-state index in [4.69, 9.17) is 0 Å². The summed E-state index contributed by atoms with van der Waals surface area (Å²) in [7, 11) is 0. The minimum Gasteiger partial charge on any atom is -0.292 e. The van der Waals surface area contributed by atoms with Crippen molar-refractivity contribution in [3.8, 4) is 11.3 Å². The summed E-state index contributed by atoms with van der Waals surface area (Å²) in [6.45, 7) is 0. The highest BCUT2D eigenvalue weighted by atomic mass is 32.2. The van der Waals surface area contributed by atoms with Gasteiger partial charge in [0.1, 0.15) is 16.5 Å². The molecule has 0 amide bonds. The fourth-order valence-corrected chi connectivity index (χ4v) is 3.35. The quantitative estimate of drug-likeness (QED) is 0.560. The Morgan fingerprint density at radius 3 is 2.42 bits per heavy atom. The minimum absolute atomic E-state index is 0.305. The molecule has 0 bridgehead atoms. The molecule has 0 unspecified atom stereocenters. The van der Waals surface area contributed by atoms with E-state index in [9.17, 15) is 4.79 Å². The van der Waals surface area contributed by atoms with Crippen LogP contribution in [0.4, 0.5) is 0 Å². The summed E-state index contributed by atoms with van der Waals surface area (Å²) in [5.41, 5.74) is 1.60. The number of rotatable bonds is 4. The Morgan fingerprint density at radius 1 is 0.917 bits per heavy atom. The fraction of sp³-hybridized carbons (Fsp3) is 0.0588. The fourth-order valence-electron chi connectivity index (χ4n) is 2.51. The minimum atomic E-state index is -0.305. The number of benzene rings is 2. The maximum absolute atomic E-state index is 11.1. The summed E-state index contributed by atoms with van der Waals surface area (Å²) >= 11 is 1.49. The SMILES string of the molecule is O=c1[nH]nc(CSc2nnc(-c3ccccc3)c3ccccc23)[nH]1. The van der Waals surface area contributed by atoms with Gasteiger partial charge in [0.25, 0.3) is 0 Å². The molecule has 7 heteroatoms. The van der Waals surface area contributed by atoms with E-state index in [0.717, 1.165) is 27.1 Å². The average molecular weight is 335 g/mol. The number of nitrogens with one attached hydrogen (secondary N) is 2. The van der Waals surface area contributed by atoms with Gasteiger partial charge in [0, 0.05) is 16.3 Å². The monoisotopic (exact) mass is 335 g/mol. The zero-order chi connectivity index (χ0) is 16.4. The maximum atomic E-state index is 11.1. The van der Waals surface area contributed by atoms with Gasteiger partial charge in [-0.25, -0.2) is 9.89 Å². The van der Waals surface area contributed by atoms with Gasteiger partial charge in [-0.3, -0.25) is 4.98 Å². The van der Waals surface area contributed by atoms with Crippen LogP contribution in [0.25, 0.3) is 22.0 Å². The van der Waals surface area contributed by atoms with Gasteiger partial charge in [0.2, 0.25) is 0 Å². The van der Waals surface area contributed by atoms with Crippen molar-refractivity contribution in [2.45, 2.75) is 10.8 Å². The summed E-state index contributed by atoms with van der Waals surface area (Å²) in [6, 6.07) is 18.1. The van der Waals surface area contributed by atoms with Crippen molar-refractivity contribution in [1.29, 1.82) is 0 Å². The van der Waals surface area contributed by atoms with Crippen molar-refractivity contribution in [1.82, 2.24) is 25.4 Å². The number of hydrogen-bond donors (Lipinski definition) is 2. The molecule has 0 aliphatic heterocycles. The molecule has 0 radical (unpaired) electrons. The van der Waals surface area contributed by atoms with Gasteiger partial charge in [-0.05, 0) is 0 Å². The standard InChI is InChI=1S/C17H13N5OS/c23-17-18-14(19-22-17)10-24-16-13-9-5-4-8-12(13)15(20-21-16)11-6-2-1-3-7-11/h1-9H,10H2,(H2,18,19,22,23). The van der Waals surface area contributed by atoms with Crippen LogP contribution < -0.4 is 5.69 Å². The van der Waals surface area contributed by atoms with E-state index in [1.807, 2.05) is 54.6 Å². The molecule has 2 N–H and O–H groups in total. The third kappa shape index (κ3) is 2.81. The summed E-state index contributed by atoms with van der Waals surface area (Å²) < 4.78 is 0. The van der Waals surface area contributed by atoms with Crippen molar-refractivity contribution in [3.05, 3.63) is 70.9 Å². The molecule has 0 spiro atoms. The lowest BCUT2D eigenvalue weighted by atomic mass is 10.1. The lowest BCUT2D eigenvalue weighted by molar-refractivity contribution is 0.957. The van der Waals surface area contributed by atoms with Crippen LogP contribution in [0.15, 0.2) is 64.4 Å². The van der Waals surface area contributed by atoms with Crippen LogP contribution in [0.2, 0.25) is 0 Å². The van der Waals surface area contributed by atoms with Gasteiger partial charge >= 0.3 is 5.69 Å². The molecule has 0 saturated heterocycles. The van der Waals surface area contributed by atoms with Crippen LogP contribution in [0.1, 0.15) is 5.82 Å². The molecule has 24 heavy (non-hydrogen) atoms. The molecule has 6 nitrogen and oxygen atoms in total. The molecule has 118 valence electrons. The van der Waals surface area contributed by atoms with Crippen LogP contribution in [-0.4, -0.2) is 25.4 Å². The zero-order valence-corrected chi connectivity index (χ0v) is 13.4. The first-order valence-corrected chi connectivity index (χ1v) is 8.37. The Morgan fingerprint density at radius 2 is 1.67 bits per heavy atom. The van der Waals surface area contributed by atoms with E-state index in [2.05, 4.69) is 25.4 Å². The van der Waals surface area contributed by atoms with E-state index in [1.54, 1.807) is 0 Å². The molecule has 0 saturated carbocycles. The third-order valence-corrected chi connectivity index (χ3v) is 4.59. The molecule has 2 aromatic heterocycles. The molecule has 4 aromatic rings. The number of fused-ring (bicyclic) bond motifs is 1. The largest absolute Gasteiger partial charge is 0.340 e. The highest BCUT2D eigenvalue weighted by Gasteiger charge is 2.11. The first-order valence-electron chi connectivity index (χ1n) is 7.38. The Balaban J connectivity index is 1.74. The Labute approximate surface area is 141 Å². The number of H-pyrrole nitrogens is 2. The summed E-state index contributed by atoms with van der Waals surface area (Å²) in [6.07, 6.45) is 0. The molecule has 0 aliphatic rings. The molecule has 2 aromatic carbocycles. The average Bonchev–Trinajstić information content (AvgIpc) is 3.06. The topological polar surface area (TPSA) is 87.3 Å². The second kappa shape index (κ2) is 6.29. The molecule has 2 heterocycles. The van der Waals surface area contributed by atoms with Crippen molar-refractivity contribution in [3.63, 3.8) is 0 Å². The van der Waals surface area contributed by atoms with Crippen molar-refractivity contribution >= 4 is 22.5 Å². The number of thioether (sulfide) groups is 1. The van der Waals surface area contributed by atoms with Crippen LogP contribution in [0, 0.1) is 0 Å². The number of aromatic nitrogens is 5. The highest BCUT2D eigenvalue weighted by Crippen LogP contribution is 2.32. The molecule has 0 aliphatic carbocycles. The first-order chi connectivity index (χ1) is 11.8. The van der Waals surface area contributed by atoms with Crippen LogP contribution in [0.3, 0.4) is 0 Å². The van der Waals surface area contributed by atoms with E-state index in [0.29, 0.717) is 11.6 Å². The van der Waals surface area contributed by atoms with E-state index in [-0.39, 0.29) is 5.69 Å². The van der Waals surface area contributed by atoms with Gasteiger partial charge in [-0.15, -0.1) is 10.2 Å². The third-order valence-electron chi connectivity index (χ3n) is 3.60. The normalized spacial score (nSPS) is 11.0. The van der Waals surface area contributed by atoms with E-state index in [1.165, 1.54) is 11.8 Å². The molecule has 0 fully saturated rings. The summed E-state index contributed by atoms with van der Waals surface area (Å²) in [5.74, 6) is 1.10. The molecular weight excluding hydrogens is 322 g/mol. The van der Waals surface area contributed by atoms with Crippen LogP contribution in [-0.2, 0) is 5.75 Å². The van der Waals surface area contributed by atoms with E-state index >= 15 is 0 Å². The summed E-state index contributed by atoms with van der Waals surface area (Å²) in [4.78, 5) is 13.7. The maximum Gasteiger partial charge on any atom is 0.340 e. The second-order valence-electron chi connectivity index (χ2n) is 5.18. The molecule has 4 rings (SSSR count).